The first-order valence-corrected chi connectivity index (χ1v) is 7.69. The first-order chi connectivity index (χ1) is 11.0. The monoisotopic (exact) mass is 314 g/mol. The van der Waals surface area contributed by atoms with Crippen LogP contribution in [0.5, 0.6) is 5.75 Å². The van der Waals surface area contributed by atoms with Crippen molar-refractivity contribution in [2.75, 3.05) is 12.3 Å². The van der Waals surface area contributed by atoms with Gasteiger partial charge in [-0.05, 0) is 38.5 Å². The van der Waals surface area contributed by atoms with Crippen LogP contribution in [0.3, 0.4) is 0 Å². The number of hydrogen-bond acceptors (Lipinski definition) is 5. The second-order valence-electron chi connectivity index (χ2n) is 5.31. The Bertz CT molecular complexity index is 781. The molecule has 122 valence electrons. The predicted octanol–water partition coefficient (Wildman–Crippen LogP) is 2.89. The highest BCUT2D eigenvalue weighted by molar-refractivity contribution is 5.97. The van der Waals surface area contributed by atoms with Crippen LogP contribution in [0.2, 0.25) is 0 Å². The first-order valence-electron chi connectivity index (χ1n) is 7.69. The van der Waals surface area contributed by atoms with E-state index in [4.69, 9.17) is 15.9 Å². The maximum absolute atomic E-state index is 12.2. The number of nitrogen functional groups attached to an aromatic ring is 1. The molecule has 0 bridgehead atoms. The van der Waals surface area contributed by atoms with Gasteiger partial charge in [0.05, 0.1) is 23.6 Å². The summed E-state index contributed by atoms with van der Waals surface area (Å²) in [7, 11) is 0. The van der Waals surface area contributed by atoms with Crippen molar-refractivity contribution >= 4 is 11.4 Å². The number of ether oxygens (including phenoxy) is 1. The number of anilines is 1. The predicted molar refractivity (Wildman–Crippen MR) is 92.3 cm³/mol. The molecule has 6 heteroatoms. The third-order valence-electron chi connectivity index (χ3n) is 3.50. The molecule has 1 heterocycles. The molecule has 0 atom stereocenters. The molecule has 4 N–H and O–H groups in total. The lowest BCUT2D eigenvalue weighted by atomic mass is 10.1. The van der Waals surface area contributed by atoms with Gasteiger partial charge >= 0.3 is 0 Å². The lowest BCUT2D eigenvalue weighted by molar-refractivity contribution is 0.341. The zero-order valence-electron chi connectivity index (χ0n) is 13.7. The molecule has 23 heavy (non-hydrogen) atoms. The van der Waals surface area contributed by atoms with E-state index in [1.807, 2.05) is 13.8 Å². The van der Waals surface area contributed by atoms with Gasteiger partial charge in [-0.3, -0.25) is 4.79 Å². The van der Waals surface area contributed by atoms with Gasteiger partial charge < -0.3 is 20.9 Å². The Kier molecular flexibility index (Phi) is 5.16. The fourth-order valence-electron chi connectivity index (χ4n) is 2.34. The lowest BCUT2D eigenvalue weighted by Gasteiger charge is -2.12. The largest absolute Gasteiger partial charge is 0.493 e. The number of aromatic amines is 1. The highest BCUT2D eigenvalue weighted by Crippen LogP contribution is 2.29. The van der Waals surface area contributed by atoms with Gasteiger partial charge in [-0.1, -0.05) is 13.3 Å². The van der Waals surface area contributed by atoms with Crippen molar-refractivity contribution in [1.82, 2.24) is 9.97 Å². The molecule has 0 saturated carbocycles. The Morgan fingerprint density at radius 1 is 1.39 bits per heavy atom. The van der Waals surface area contributed by atoms with Crippen LogP contribution in [-0.4, -0.2) is 22.3 Å². The molecule has 0 aliphatic heterocycles. The topological polar surface area (TPSA) is 105 Å². The molecule has 0 aliphatic carbocycles. The van der Waals surface area contributed by atoms with Crippen LogP contribution in [0.1, 0.15) is 37.9 Å². The summed E-state index contributed by atoms with van der Waals surface area (Å²) in [5.74, 6) is 0.967. The maximum atomic E-state index is 12.2. The Hall–Kier alpha value is -2.63. The molecule has 2 rings (SSSR count). The third-order valence-corrected chi connectivity index (χ3v) is 3.50. The van der Waals surface area contributed by atoms with Gasteiger partial charge in [0.1, 0.15) is 11.6 Å². The number of hydrogen-bond donors (Lipinski definition) is 3. The maximum Gasteiger partial charge on any atom is 0.254 e. The van der Waals surface area contributed by atoms with Crippen LogP contribution in [0.15, 0.2) is 23.0 Å². The van der Waals surface area contributed by atoms with E-state index in [0.29, 0.717) is 52.8 Å². The second-order valence-corrected chi connectivity index (χ2v) is 5.31. The highest BCUT2D eigenvalue weighted by Gasteiger charge is 2.15. The summed E-state index contributed by atoms with van der Waals surface area (Å²) in [4.78, 5) is 19.5. The molecule has 1 aromatic heterocycles. The summed E-state index contributed by atoms with van der Waals surface area (Å²) >= 11 is 0. The average Bonchev–Trinajstić information content (AvgIpc) is 2.52. The van der Waals surface area contributed by atoms with Gasteiger partial charge in [0.2, 0.25) is 0 Å². The Morgan fingerprint density at radius 3 is 2.78 bits per heavy atom. The molecule has 0 unspecified atom stereocenters. The molecular formula is C17H22N4O2. The number of nitrogens with zero attached hydrogens (tertiary/aromatic N) is 1. The quantitative estimate of drug-likeness (QED) is 0.563. The van der Waals surface area contributed by atoms with E-state index in [9.17, 15) is 4.79 Å². The van der Waals surface area contributed by atoms with Crippen LogP contribution < -0.4 is 16.0 Å². The Balaban J connectivity index is 2.63. The van der Waals surface area contributed by atoms with Gasteiger partial charge in [-0.2, -0.15) is 0 Å². The van der Waals surface area contributed by atoms with Crippen LogP contribution in [0.25, 0.3) is 11.4 Å². The lowest BCUT2D eigenvalue weighted by Crippen LogP contribution is -2.19. The molecular weight excluding hydrogens is 292 g/mol. The summed E-state index contributed by atoms with van der Waals surface area (Å²) in [6.45, 7) is 6.04. The molecule has 2 aromatic rings. The minimum atomic E-state index is -0.254. The molecule has 0 aliphatic rings. The average molecular weight is 314 g/mol. The normalized spacial score (nSPS) is 10.6. The summed E-state index contributed by atoms with van der Waals surface area (Å²) < 4.78 is 5.59. The first kappa shape index (κ1) is 16.7. The fraction of sp³-hybridized carbons (Fsp3) is 0.353. The van der Waals surface area contributed by atoms with Crippen molar-refractivity contribution in [2.24, 2.45) is 0 Å². The molecule has 0 fully saturated rings. The second kappa shape index (κ2) is 7.09. The fourth-order valence-corrected chi connectivity index (χ4v) is 2.34. The summed E-state index contributed by atoms with van der Waals surface area (Å²) in [6, 6.07) is 5.21. The molecule has 0 saturated heterocycles. The van der Waals surface area contributed by atoms with Crippen molar-refractivity contribution in [3.8, 4) is 17.1 Å². The van der Waals surface area contributed by atoms with Crippen molar-refractivity contribution in [3.05, 3.63) is 39.8 Å². The van der Waals surface area contributed by atoms with Gasteiger partial charge in [0, 0.05) is 11.3 Å². The minimum absolute atomic E-state index is 0.254. The van der Waals surface area contributed by atoms with Gasteiger partial charge in [0.15, 0.2) is 0 Å². The van der Waals surface area contributed by atoms with Crippen LogP contribution >= 0.6 is 0 Å². The van der Waals surface area contributed by atoms with Crippen molar-refractivity contribution < 1.29 is 4.74 Å². The molecule has 1 aromatic carbocycles. The van der Waals surface area contributed by atoms with E-state index in [1.54, 1.807) is 25.1 Å². The standard InChI is InChI=1S/C17H22N4O2/c1-4-6-13(19)15-10(3)17(22)21-16(20-15)12-9-11(18)7-8-14(12)23-5-2/h7-9,19H,4-6,18H2,1-3H3,(H,20,21,22). The van der Waals surface area contributed by atoms with Gasteiger partial charge in [0.25, 0.3) is 5.56 Å². The van der Waals surface area contributed by atoms with Crippen molar-refractivity contribution in [2.45, 2.75) is 33.6 Å². The van der Waals surface area contributed by atoms with Crippen LogP contribution in [-0.2, 0) is 0 Å². The van der Waals surface area contributed by atoms with E-state index in [0.717, 1.165) is 6.42 Å². The zero-order chi connectivity index (χ0) is 17.0. The van der Waals surface area contributed by atoms with Gasteiger partial charge in [-0.25, -0.2) is 4.98 Å². The minimum Gasteiger partial charge on any atom is -0.493 e. The van der Waals surface area contributed by atoms with Crippen LogP contribution in [0, 0.1) is 12.3 Å². The summed E-state index contributed by atoms with van der Waals surface area (Å²) in [5.41, 5.74) is 8.02. The van der Waals surface area contributed by atoms with Crippen LogP contribution in [0.4, 0.5) is 5.69 Å². The zero-order valence-corrected chi connectivity index (χ0v) is 13.7. The number of nitrogens with one attached hydrogen (secondary N) is 2. The highest BCUT2D eigenvalue weighted by atomic mass is 16.5. The van der Waals surface area contributed by atoms with Gasteiger partial charge in [-0.15, -0.1) is 0 Å². The third kappa shape index (κ3) is 3.59. The van der Waals surface area contributed by atoms with E-state index in [2.05, 4.69) is 9.97 Å². The van der Waals surface area contributed by atoms with E-state index >= 15 is 0 Å². The SMILES string of the molecule is CCCC(=N)c1nc(-c2cc(N)ccc2OCC)[nH]c(=O)c1C. The molecule has 0 spiro atoms. The number of nitrogens with two attached hydrogens (primary N) is 1. The molecule has 0 amide bonds. The number of H-pyrrole nitrogens is 1. The smallest absolute Gasteiger partial charge is 0.254 e. The van der Waals surface area contributed by atoms with Crippen molar-refractivity contribution in [1.29, 1.82) is 5.41 Å². The van der Waals surface area contributed by atoms with Crippen molar-refractivity contribution in [3.63, 3.8) is 0 Å². The number of rotatable bonds is 6. The van der Waals surface area contributed by atoms with E-state index < -0.39 is 0 Å². The number of aromatic nitrogens is 2. The van der Waals surface area contributed by atoms with E-state index in [-0.39, 0.29) is 5.56 Å². The number of benzene rings is 1. The Morgan fingerprint density at radius 2 is 2.13 bits per heavy atom. The van der Waals surface area contributed by atoms with E-state index in [1.165, 1.54) is 0 Å². The molecule has 0 radical (unpaired) electrons. The summed E-state index contributed by atoms with van der Waals surface area (Å²) in [5, 5.41) is 8.13. The Labute approximate surface area is 135 Å². The summed E-state index contributed by atoms with van der Waals surface area (Å²) in [6.07, 6.45) is 1.40. The molecule has 6 nitrogen and oxygen atoms in total.